The van der Waals surface area contributed by atoms with E-state index in [-0.39, 0.29) is 5.41 Å². The van der Waals surface area contributed by atoms with E-state index in [4.69, 9.17) is 4.74 Å². The summed E-state index contributed by atoms with van der Waals surface area (Å²) < 4.78 is 5.07. The minimum absolute atomic E-state index is 0.0992. The monoisotopic (exact) mass is 327 g/mol. The number of rotatable bonds is 4. The molecule has 5 nitrogen and oxygen atoms in total. The van der Waals surface area contributed by atoms with Crippen molar-refractivity contribution in [2.24, 2.45) is 0 Å². The van der Waals surface area contributed by atoms with Gasteiger partial charge in [-0.25, -0.2) is 14.8 Å². The number of nitrogens with zero attached hydrogens (tertiary/aromatic N) is 3. The zero-order valence-corrected chi connectivity index (χ0v) is 15.3. The van der Waals surface area contributed by atoms with Crippen LogP contribution in [0.25, 0.3) is 11.4 Å². The van der Waals surface area contributed by atoms with Crippen LogP contribution < -0.4 is 4.90 Å². The molecule has 128 valence electrons. The van der Waals surface area contributed by atoms with Crippen molar-refractivity contribution in [2.45, 2.75) is 33.1 Å². The van der Waals surface area contributed by atoms with Crippen LogP contribution in [0, 0.1) is 0 Å². The highest BCUT2D eigenvalue weighted by Gasteiger charge is 2.18. The van der Waals surface area contributed by atoms with Gasteiger partial charge in [0.15, 0.2) is 5.82 Å². The molecule has 0 amide bonds. The Balaban J connectivity index is 2.41. The molecule has 0 spiro atoms. The highest BCUT2D eigenvalue weighted by Crippen LogP contribution is 2.26. The molecule has 0 unspecified atom stereocenters. The Morgan fingerprint density at radius 3 is 2.29 bits per heavy atom. The first-order chi connectivity index (χ1) is 11.2. The van der Waals surface area contributed by atoms with Gasteiger partial charge >= 0.3 is 5.97 Å². The number of carbonyl (C=O) groups excluding carboxylic acids is 1. The van der Waals surface area contributed by atoms with Crippen LogP contribution in [0.1, 0.15) is 43.6 Å². The zero-order valence-electron chi connectivity index (χ0n) is 15.3. The van der Waals surface area contributed by atoms with Gasteiger partial charge in [-0.05, 0) is 17.9 Å². The number of ether oxygens (including phenoxy) is 1. The smallest absolute Gasteiger partial charge is 0.343 e. The summed E-state index contributed by atoms with van der Waals surface area (Å²) in [5, 5.41) is 0. The number of hydrogen-bond acceptors (Lipinski definition) is 5. The Kier molecular flexibility index (Phi) is 5.22. The van der Waals surface area contributed by atoms with Crippen LogP contribution in [0.5, 0.6) is 0 Å². The van der Waals surface area contributed by atoms with Crippen LogP contribution in [-0.4, -0.2) is 36.6 Å². The molecule has 5 heteroatoms. The van der Waals surface area contributed by atoms with Gasteiger partial charge in [0.05, 0.1) is 6.61 Å². The third kappa shape index (κ3) is 3.91. The van der Waals surface area contributed by atoms with E-state index in [1.807, 2.05) is 26.2 Å². The largest absolute Gasteiger partial charge is 0.462 e. The lowest BCUT2D eigenvalue weighted by atomic mass is 9.87. The van der Waals surface area contributed by atoms with E-state index < -0.39 is 5.97 Å². The Morgan fingerprint density at radius 1 is 1.17 bits per heavy atom. The molecule has 0 N–H and O–H groups in total. The summed E-state index contributed by atoms with van der Waals surface area (Å²) >= 11 is 0. The Morgan fingerprint density at radius 2 is 1.79 bits per heavy atom. The first-order valence-electron chi connectivity index (χ1n) is 8.06. The van der Waals surface area contributed by atoms with Crippen LogP contribution in [0.2, 0.25) is 0 Å². The fraction of sp³-hybridized carbons (Fsp3) is 0.421. The van der Waals surface area contributed by atoms with Gasteiger partial charge in [-0.2, -0.15) is 0 Å². The first-order valence-corrected chi connectivity index (χ1v) is 8.06. The Labute approximate surface area is 143 Å². The summed E-state index contributed by atoms with van der Waals surface area (Å²) in [5.41, 5.74) is 2.64. The lowest BCUT2D eigenvalue weighted by molar-refractivity contribution is 0.0526. The SMILES string of the molecule is CCOC(=O)c1cnc(-c2ccc(C(C)(C)C)cc2)nc1N(C)C. The summed E-state index contributed by atoms with van der Waals surface area (Å²) in [6.45, 7) is 8.63. The van der Waals surface area contributed by atoms with Crippen molar-refractivity contribution in [1.82, 2.24) is 9.97 Å². The molecule has 0 aliphatic carbocycles. The highest BCUT2D eigenvalue weighted by atomic mass is 16.5. The van der Waals surface area contributed by atoms with Gasteiger partial charge in [0.25, 0.3) is 0 Å². The van der Waals surface area contributed by atoms with Crippen LogP contribution in [-0.2, 0) is 10.2 Å². The number of esters is 1. The predicted octanol–water partition coefficient (Wildman–Crippen LogP) is 3.68. The second-order valence-electron chi connectivity index (χ2n) is 6.87. The molecule has 0 aliphatic heterocycles. The molecule has 1 heterocycles. The van der Waals surface area contributed by atoms with Crippen LogP contribution >= 0.6 is 0 Å². The lowest BCUT2D eigenvalue weighted by Gasteiger charge is -2.19. The minimum Gasteiger partial charge on any atom is -0.462 e. The molecule has 0 fully saturated rings. The molecule has 2 rings (SSSR count). The van der Waals surface area contributed by atoms with Crippen molar-refractivity contribution >= 4 is 11.8 Å². The number of benzene rings is 1. The van der Waals surface area contributed by atoms with Crippen LogP contribution in [0.15, 0.2) is 30.5 Å². The maximum atomic E-state index is 12.0. The molecular weight excluding hydrogens is 302 g/mol. The van der Waals surface area contributed by atoms with Gasteiger partial charge in [-0.3, -0.25) is 0 Å². The fourth-order valence-electron chi connectivity index (χ4n) is 2.32. The number of carbonyl (C=O) groups is 1. The fourth-order valence-corrected chi connectivity index (χ4v) is 2.32. The Hall–Kier alpha value is -2.43. The number of anilines is 1. The Bertz CT molecular complexity index is 716. The van der Waals surface area contributed by atoms with Crippen molar-refractivity contribution in [3.05, 3.63) is 41.6 Å². The average Bonchev–Trinajstić information content (AvgIpc) is 2.53. The van der Waals surface area contributed by atoms with Gasteiger partial charge < -0.3 is 9.64 Å². The minimum atomic E-state index is -0.407. The standard InChI is InChI=1S/C19H25N3O2/c1-7-24-18(23)15-12-20-16(21-17(15)22(5)6)13-8-10-14(11-9-13)19(2,3)4/h8-12H,7H2,1-6H3. The first kappa shape index (κ1) is 17.9. The average molecular weight is 327 g/mol. The summed E-state index contributed by atoms with van der Waals surface area (Å²) in [4.78, 5) is 22.7. The molecular formula is C19H25N3O2. The van der Waals surface area contributed by atoms with E-state index >= 15 is 0 Å². The molecule has 1 aromatic carbocycles. The second-order valence-corrected chi connectivity index (χ2v) is 6.87. The van der Waals surface area contributed by atoms with Crippen molar-refractivity contribution in [3.8, 4) is 11.4 Å². The quantitative estimate of drug-likeness (QED) is 0.802. The predicted molar refractivity (Wildman–Crippen MR) is 96.5 cm³/mol. The molecule has 24 heavy (non-hydrogen) atoms. The highest BCUT2D eigenvalue weighted by molar-refractivity contribution is 5.94. The lowest BCUT2D eigenvalue weighted by Crippen LogP contribution is -2.18. The second kappa shape index (κ2) is 6.99. The topological polar surface area (TPSA) is 55.3 Å². The third-order valence-electron chi connectivity index (χ3n) is 3.70. The molecule has 0 aliphatic rings. The van der Waals surface area contributed by atoms with Gasteiger partial charge in [-0.1, -0.05) is 45.0 Å². The van der Waals surface area contributed by atoms with E-state index in [0.717, 1.165) is 5.56 Å². The van der Waals surface area contributed by atoms with Gasteiger partial charge in [-0.15, -0.1) is 0 Å². The van der Waals surface area contributed by atoms with Crippen molar-refractivity contribution < 1.29 is 9.53 Å². The van der Waals surface area contributed by atoms with E-state index in [0.29, 0.717) is 23.8 Å². The van der Waals surface area contributed by atoms with E-state index in [1.54, 1.807) is 11.8 Å². The molecule has 1 aromatic heterocycles. The molecule has 0 saturated carbocycles. The van der Waals surface area contributed by atoms with E-state index in [1.165, 1.54) is 11.8 Å². The van der Waals surface area contributed by atoms with Gasteiger partial charge in [0.2, 0.25) is 0 Å². The van der Waals surface area contributed by atoms with E-state index in [9.17, 15) is 4.79 Å². The van der Waals surface area contributed by atoms with E-state index in [2.05, 4.69) is 42.9 Å². The van der Waals surface area contributed by atoms with Gasteiger partial charge in [0, 0.05) is 25.9 Å². The maximum absolute atomic E-state index is 12.0. The third-order valence-corrected chi connectivity index (χ3v) is 3.70. The molecule has 2 aromatic rings. The van der Waals surface area contributed by atoms with Crippen molar-refractivity contribution in [3.63, 3.8) is 0 Å². The zero-order chi connectivity index (χ0) is 17.9. The van der Waals surface area contributed by atoms with Crippen LogP contribution in [0.4, 0.5) is 5.82 Å². The van der Waals surface area contributed by atoms with Crippen LogP contribution in [0.3, 0.4) is 0 Å². The maximum Gasteiger partial charge on any atom is 0.343 e. The summed E-state index contributed by atoms with van der Waals surface area (Å²) in [6.07, 6.45) is 1.54. The molecule has 0 atom stereocenters. The number of hydrogen-bond donors (Lipinski definition) is 0. The molecule has 0 saturated heterocycles. The van der Waals surface area contributed by atoms with Gasteiger partial charge in [0.1, 0.15) is 11.4 Å². The summed E-state index contributed by atoms with van der Waals surface area (Å²) in [7, 11) is 3.69. The van der Waals surface area contributed by atoms with Crippen molar-refractivity contribution in [1.29, 1.82) is 0 Å². The summed E-state index contributed by atoms with van der Waals surface area (Å²) in [6, 6.07) is 8.21. The number of aromatic nitrogens is 2. The summed E-state index contributed by atoms with van der Waals surface area (Å²) in [5.74, 6) is 0.737. The normalized spacial score (nSPS) is 11.2. The molecule has 0 radical (unpaired) electrons. The van der Waals surface area contributed by atoms with Crippen molar-refractivity contribution in [2.75, 3.05) is 25.6 Å². The molecule has 0 bridgehead atoms.